The highest BCUT2D eigenvalue weighted by Gasteiger charge is 2.42. The Morgan fingerprint density at radius 3 is 1.63 bits per heavy atom. The fourth-order valence-electron chi connectivity index (χ4n) is 15.0. The number of nitrogens with one attached hydrogen (secondary N) is 5. The van der Waals surface area contributed by atoms with Crippen molar-refractivity contribution in [2.24, 2.45) is 7.05 Å². The fourth-order valence-corrected chi connectivity index (χ4v) is 19.2. The van der Waals surface area contributed by atoms with Crippen LogP contribution in [0.5, 0.6) is 0 Å². The second kappa shape index (κ2) is 55.1. The standard InChI is InChI=1S/C88H119N14O32P5/c1-5-6-44-126-136(112,113)131-61-66(59-124-42-17-38-90-78(104)33-34-81(107)99-56-63-20-7-9-22-67(63)85-83(94-96-98(85)4)70-24-11-13-28-74(70)99)132-135(111)125-43-18-45-127-137(114,115)130-60-65(134-139(118,119)129-47-19-46-128-138(116,117)133-62(2)3)36-48-120-41-16-37-89-77(103)32-35-82(108)100-57-64-21-8-10-23-68(64)86-84(71-25-12-14-29-75(71)100)95-97-102(86)40-50-122-52-54-123-53-51-121-49-39-91-80(106)55-92-73-27-15-26-69-72(73)58-101(88(69)110)76-30-31-79(105)93-87(76)109/h7-15,20-29,62,65-66,76,92H,5-6,16-19,30-61H2,1-4H3,(H7-,89,90,91,93,103,104,105,106,109,112,113,114,115,116,117,118,119)/p+1. The summed E-state index contributed by atoms with van der Waals surface area (Å²) in [5.41, 5.74) is 10.2. The van der Waals surface area contributed by atoms with Gasteiger partial charge in [-0.05, 0) is 94.2 Å². The maximum atomic E-state index is 14.3. The van der Waals surface area contributed by atoms with Gasteiger partial charge < -0.3 is 79.2 Å². The third kappa shape index (κ3) is 34.6. The van der Waals surface area contributed by atoms with Crippen LogP contribution in [0, 0.1) is 0 Å². The molecule has 5 aromatic carbocycles. The first-order valence-corrected chi connectivity index (χ1v) is 52.7. The predicted octanol–water partition coefficient (Wildman–Crippen LogP) is 9.45. The molecule has 8 unspecified atom stereocenters. The van der Waals surface area contributed by atoms with Gasteiger partial charge in [0.25, 0.3) is 5.91 Å². The molecule has 0 radical (unpaired) electrons. The largest absolute Gasteiger partial charge is 0.697 e. The van der Waals surface area contributed by atoms with Gasteiger partial charge in [0, 0.05) is 129 Å². The van der Waals surface area contributed by atoms with Crippen LogP contribution < -0.4 is 36.4 Å². The molecule has 0 saturated carbocycles. The number of hydrogen-bond donors (Lipinski definition) is 9. The van der Waals surface area contributed by atoms with Gasteiger partial charge in [-0.2, -0.15) is 0 Å². The third-order valence-electron chi connectivity index (χ3n) is 21.6. The Bertz CT molecular complexity index is 5520. The van der Waals surface area contributed by atoms with Crippen LogP contribution in [0.3, 0.4) is 0 Å². The molecular weight excluding hydrogens is 1920 g/mol. The normalized spacial score (nSPS) is 16.2. The number of imide groups is 1. The van der Waals surface area contributed by atoms with Crippen molar-refractivity contribution in [3.8, 4) is 45.0 Å². The highest BCUT2D eigenvalue weighted by molar-refractivity contribution is 7.48. The second-order valence-electron chi connectivity index (χ2n) is 32.4. The van der Waals surface area contributed by atoms with Crippen LogP contribution in [0.4, 0.5) is 17.1 Å². The van der Waals surface area contributed by atoms with Crippen molar-refractivity contribution in [1.82, 2.24) is 56.2 Å². The molecule has 51 heteroatoms. The number of phosphoric acid groups is 4. The monoisotopic (exact) mass is 2040 g/mol. The summed E-state index contributed by atoms with van der Waals surface area (Å²) in [4.78, 5) is 151. The first-order chi connectivity index (χ1) is 66.9. The van der Waals surface area contributed by atoms with Crippen molar-refractivity contribution in [2.45, 2.75) is 155 Å². The van der Waals surface area contributed by atoms with Crippen LogP contribution in [0.15, 0.2) is 115 Å². The number of nitrogens with zero attached hydrogens (tertiary/aromatic N) is 9. The predicted molar refractivity (Wildman–Crippen MR) is 500 cm³/mol. The smallest absolute Gasteiger partial charge is 0.381 e. The van der Waals surface area contributed by atoms with E-state index in [2.05, 4.69) is 47.2 Å². The molecule has 1 fully saturated rings. The minimum atomic E-state index is -5.02. The number of phosphoric ester groups is 4. The van der Waals surface area contributed by atoms with Gasteiger partial charge in [0.1, 0.15) is 24.0 Å². The minimum Gasteiger partial charge on any atom is -0.381 e. The average Bonchev–Trinajstić information content (AvgIpc) is 1.70. The summed E-state index contributed by atoms with van der Waals surface area (Å²) < 4.78 is 148. The van der Waals surface area contributed by atoms with Crippen molar-refractivity contribution < 1.29 is 150 Å². The Kier molecular flexibility index (Phi) is 43.6. The fraction of sp³-hybridized carbons (Fsp3) is 0.523. The van der Waals surface area contributed by atoms with E-state index in [1.807, 2.05) is 98.9 Å². The Morgan fingerprint density at radius 1 is 0.504 bits per heavy atom. The summed E-state index contributed by atoms with van der Waals surface area (Å²) in [7, 11) is -20.3. The molecule has 4 aliphatic heterocycles. The maximum absolute atomic E-state index is 14.3. The zero-order valence-corrected chi connectivity index (χ0v) is 82.1. The lowest BCUT2D eigenvalue weighted by Gasteiger charge is -2.29. The number of benzene rings is 5. The van der Waals surface area contributed by atoms with E-state index < -0.39 is 121 Å². The lowest BCUT2D eigenvalue weighted by molar-refractivity contribution is -0.137. The van der Waals surface area contributed by atoms with Gasteiger partial charge in [0.15, 0.2) is 6.10 Å². The number of unbranched alkanes of at least 4 members (excludes halogenated alkanes) is 1. The first-order valence-electron chi connectivity index (χ1n) is 45.7. The van der Waals surface area contributed by atoms with Crippen molar-refractivity contribution in [3.05, 3.63) is 138 Å². The Labute approximate surface area is 803 Å². The number of anilines is 3. The zero-order chi connectivity index (χ0) is 99.3. The molecular formula is C88H120N14O32P5+. The summed E-state index contributed by atoms with van der Waals surface area (Å²) >= 11 is 0. The lowest BCUT2D eigenvalue weighted by Crippen LogP contribution is -2.52. The van der Waals surface area contributed by atoms with E-state index in [9.17, 15) is 80.8 Å². The topological polar surface area (TPSA) is 573 Å². The van der Waals surface area contributed by atoms with Crippen LogP contribution in [0.1, 0.15) is 131 Å². The number of aryl methyl sites for hydroxylation is 1. The van der Waals surface area contributed by atoms with Gasteiger partial charge in [-0.25, -0.2) is 27.6 Å². The number of aromatic nitrogens is 6. The Morgan fingerprint density at radius 2 is 1.01 bits per heavy atom. The van der Waals surface area contributed by atoms with Gasteiger partial charge in [-0.1, -0.05) is 115 Å². The summed E-state index contributed by atoms with van der Waals surface area (Å²) in [6.45, 7) is 3.64. The van der Waals surface area contributed by atoms with Crippen molar-refractivity contribution in [3.63, 3.8) is 0 Å². The van der Waals surface area contributed by atoms with Crippen LogP contribution in [-0.2, 0) is 159 Å². The molecule has 11 rings (SSSR count). The molecule has 6 heterocycles. The molecule has 9 N–H and O–H groups in total. The molecule has 139 heavy (non-hydrogen) atoms. The first kappa shape index (κ1) is 110. The number of rotatable bonds is 63. The third-order valence-corrected chi connectivity index (χ3v) is 26.7. The van der Waals surface area contributed by atoms with Crippen molar-refractivity contribution in [1.29, 1.82) is 0 Å². The van der Waals surface area contributed by atoms with Crippen LogP contribution >= 0.6 is 39.5 Å². The summed E-state index contributed by atoms with van der Waals surface area (Å²) in [6, 6.07) is 34.3. The number of para-hydroxylation sites is 2. The molecule has 8 atom stereocenters. The second-order valence-corrected chi connectivity index (χ2v) is 39.0. The van der Waals surface area contributed by atoms with Gasteiger partial charge >= 0.3 is 39.5 Å². The average molecular weight is 2040 g/mol. The maximum Gasteiger partial charge on any atom is 0.697 e. The molecule has 1 saturated heterocycles. The van der Waals surface area contributed by atoms with E-state index in [1.54, 1.807) is 49.5 Å². The molecule has 7 aromatic rings. The summed E-state index contributed by atoms with van der Waals surface area (Å²) in [5, 5.41) is 31.6. The van der Waals surface area contributed by atoms with Crippen molar-refractivity contribution in [2.75, 3.05) is 154 Å². The molecule has 4 aliphatic rings. The number of piperidine rings is 1. The quantitative estimate of drug-likeness (QED) is 0.00973. The van der Waals surface area contributed by atoms with Crippen LogP contribution in [-0.4, -0.2) is 265 Å². The molecule has 8 amide bonds. The van der Waals surface area contributed by atoms with Gasteiger partial charge in [0.05, 0.1) is 147 Å². The van der Waals surface area contributed by atoms with E-state index in [-0.39, 0.29) is 219 Å². The molecule has 0 bridgehead atoms. The SMILES string of the molecule is CCCCOP(=O)(O)OCC(COCCCNC(=O)CCC(=O)N1Cc2ccccc2-c2c(nnn2C)-c2ccccc21)O[P+](=O)OCCCOP(=O)(O)OCC(CCOCCCNC(=O)CCC(=O)N1Cc2ccccc2-c2c(nnn2CCOCCOCCOCCNC(=O)CNc2cccc3c2CN(C2CCC(=O)NC2=O)C3=O)-c2ccccc21)OP(=O)(O)OCCCOP(=O)(O)OC(C)C. The number of amides is 8. The lowest BCUT2D eigenvalue weighted by atomic mass is 9.95. The van der Waals surface area contributed by atoms with E-state index >= 15 is 0 Å². The van der Waals surface area contributed by atoms with E-state index in [0.29, 0.717) is 70.1 Å². The van der Waals surface area contributed by atoms with E-state index in [4.69, 9.17) is 68.9 Å². The van der Waals surface area contributed by atoms with Gasteiger partial charge in [-0.3, -0.25) is 79.9 Å². The number of fused-ring (bicyclic) bond motifs is 11. The van der Waals surface area contributed by atoms with Gasteiger partial charge in [-0.15, -0.1) is 19.2 Å². The zero-order valence-electron chi connectivity index (χ0n) is 77.6. The highest BCUT2D eigenvalue weighted by Crippen LogP contribution is 2.51. The summed E-state index contributed by atoms with van der Waals surface area (Å²) in [6.07, 6.45) is -2.69. The minimum absolute atomic E-state index is 0.00337. The van der Waals surface area contributed by atoms with Gasteiger partial charge in [0.2, 0.25) is 41.4 Å². The molecule has 758 valence electrons. The molecule has 2 aromatic heterocycles. The van der Waals surface area contributed by atoms with Crippen LogP contribution in [0.2, 0.25) is 0 Å². The number of carbonyl (C=O) groups is 8. The van der Waals surface area contributed by atoms with Crippen molar-refractivity contribution >= 4 is 104 Å². The summed E-state index contributed by atoms with van der Waals surface area (Å²) in [5.74, 6) is -2.93. The number of carbonyl (C=O) groups excluding carboxylic acids is 8. The van der Waals surface area contributed by atoms with E-state index in [1.165, 1.54) is 18.7 Å². The Balaban J connectivity index is 0.568. The molecule has 0 spiro atoms. The number of hydrogen-bond acceptors (Lipinski definition) is 33. The number of ether oxygens (including phenoxy) is 5. The Hall–Kier alpha value is -9.60. The van der Waals surface area contributed by atoms with E-state index in [0.717, 1.165) is 33.6 Å². The highest BCUT2D eigenvalue weighted by atomic mass is 31.2. The molecule has 46 nitrogen and oxygen atoms in total. The van der Waals surface area contributed by atoms with Crippen LogP contribution in [0.25, 0.3) is 45.0 Å². The molecule has 0 aliphatic carbocycles.